The number of hydrogen-bond acceptors (Lipinski definition) is 4. The molecule has 0 radical (unpaired) electrons. The van der Waals surface area contributed by atoms with E-state index in [1.165, 1.54) is 4.90 Å². The highest BCUT2D eigenvalue weighted by molar-refractivity contribution is 6.07. The van der Waals surface area contributed by atoms with Gasteiger partial charge in [-0.1, -0.05) is 13.8 Å². The van der Waals surface area contributed by atoms with Crippen LogP contribution in [-0.4, -0.2) is 76.8 Å². The van der Waals surface area contributed by atoms with E-state index >= 15 is 0 Å². The van der Waals surface area contributed by atoms with Gasteiger partial charge in [-0.15, -0.1) is 0 Å². The van der Waals surface area contributed by atoms with Crippen LogP contribution in [0.2, 0.25) is 0 Å². The summed E-state index contributed by atoms with van der Waals surface area (Å²) in [7, 11) is 0. The van der Waals surface area contributed by atoms with Gasteiger partial charge in [0.25, 0.3) is 5.91 Å². The molecule has 146 valence electrons. The number of likely N-dealkylation sites (tertiary alicyclic amines) is 2. The zero-order valence-corrected chi connectivity index (χ0v) is 16.1. The summed E-state index contributed by atoms with van der Waals surface area (Å²) in [5.41, 5.74) is -0.725. The molecule has 1 unspecified atom stereocenters. The van der Waals surface area contributed by atoms with E-state index in [0.29, 0.717) is 25.8 Å². The number of urea groups is 1. The number of carbonyl (C=O) groups excluding carboxylic acids is 3. The van der Waals surface area contributed by atoms with Crippen molar-refractivity contribution in [1.29, 1.82) is 0 Å². The SMILES string of the molecule is CCCC(=O)N1CCCC(N2C(=O)NC3(CCN(CCC)CC3)C2=O)C1. The molecule has 0 aromatic carbocycles. The van der Waals surface area contributed by atoms with Crippen molar-refractivity contribution in [3.8, 4) is 0 Å². The zero-order chi connectivity index (χ0) is 18.7. The van der Waals surface area contributed by atoms with Crippen LogP contribution in [0.4, 0.5) is 4.79 Å². The van der Waals surface area contributed by atoms with Gasteiger partial charge in [-0.05, 0) is 45.1 Å². The lowest BCUT2D eigenvalue weighted by atomic mass is 9.87. The Morgan fingerprint density at radius 1 is 1.15 bits per heavy atom. The average molecular weight is 364 g/mol. The lowest BCUT2D eigenvalue weighted by Crippen LogP contribution is -2.56. The second-order valence-corrected chi connectivity index (χ2v) is 7.91. The van der Waals surface area contributed by atoms with Gasteiger partial charge in [0.1, 0.15) is 5.54 Å². The van der Waals surface area contributed by atoms with Crippen LogP contribution in [0.1, 0.15) is 58.8 Å². The minimum atomic E-state index is -0.725. The maximum absolute atomic E-state index is 13.2. The molecule has 0 bridgehead atoms. The number of nitrogens with zero attached hydrogens (tertiary/aromatic N) is 3. The van der Waals surface area contributed by atoms with E-state index in [1.807, 2.05) is 11.8 Å². The Balaban J connectivity index is 1.66. The van der Waals surface area contributed by atoms with Crippen molar-refractivity contribution in [1.82, 2.24) is 20.0 Å². The first kappa shape index (κ1) is 19.1. The third-order valence-electron chi connectivity index (χ3n) is 6.02. The Morgan fingerprint density at radius 3 is 2.54 bits per heavy atom. The molecule has 7 nitrogen and oxygen atoms in total. The summed E-state index contributed by atoms with van der Waals surface area (Å²) >= 11 is 0. The minimum absolute atomic E-state index is 0.0755. The van der Waals surface area contributed by atoms with E-state index in [9.17, 15) is 14.4 Å². The summed E-state index contributed by atoms with van der Waals surface area (Å²) in [5.74, 6) is 0.0558. The van der Waals surface area contributed by atoms with Crippen LogP contribution in [0, 0.1) is 0 Å². The maximum atomic E-state index is 13.2. The molecule has 3 fully saturated rings. The Kier molecular flexibility index (Phi) is 5.85. The van der Waals surface area contributed by atoms with Gasteiger partial charge < -0.3 is 15.1 Å². The standard InChI is InChI=1S/C19H32N4O3/c1-3-6-16(24)22-11-5-7-15(14-22)23-17(25)19(20-18(23)26)8-12-21(10-4-2)13-9-19/h15H,3-14H2,1-2H3,(H,20,26). The minimum Gasteiger partial charge on any atom is -0.341 e. The second kappa shape index (κ2) is 7.94. The van der Waals surface area contributed by atoms with Gasteiger partial charge in [0, 0.05) is 32.6 Å². The van der Waals surface area contributed by atoms with Gasteiger partial charge in [0.15, 0.2) is 0 Å². The largest absolute Gasteiger partial charge is 0.341 e. The number of amides is 4. The molecule has 1 spiro atoms. The van der Waals surface area contributed by atoms with Crippen LogP contribution in [0.5, 0.6) is 0 Å². The molecule has 0 aromatic rings. The number of carbonyl (C=O) groups is 3. The highest BCUT2D eigenvalue weighted by Gasteiger charge is 2.54. The quantitative estimate of drug-likeness (QED) is 0.752. The van der Waals surface area contributed by atoms with Crippen molar-refractivity contribution < 1.29 is 14.4 Å². The van der Waals surface area contributed by atoms with Crippen LogP contribution in [0.15, 0.2) is 0 Å². The van der Waals surface area contributed by atoms with Crippen molar-refractivity contribution in [3.05, 3.63) is 0 Å². The summed E-state index contributed by atoms with van der Waals surface area (Å²) in [6.45, 7) is 8.10. The summed E-state index contributed by atoms with van der Waals surface area (Å²) in [5, 5.41) is 3.01. The van der Waals surface area contributed by atoms with Crippen LogP contribution in [-0.2, 0) is 9.59 Å². The number of rotatable bonds is 5. The van der Waals surface area contributed by atoms with E-state index < -0.39 is 5.54 Å². The van der Waals surface area contributed by atoms with Crippen molar-refractivity contribution in [2.24, 2.45) is 0 Å². The Morgan fingerprint density at radius 2 is 1.88 bits per heavy atom. The zero-order valence-electron chi connectivity index (χ0n) is 16.1. The first-order valence-corrected chi connectivity index (χ1v) is 10.2. The molecule has 0 aromatic heterocycles. The third-order valence-corrected chi connectivity index (χ3v) is 6.02. The molecule has 0 saturated carbocycles. The molecular formula is C19H32N4O3. The fourth-order valence-electron chi connectivity index (χ4n) is 4.55. The number of imide groups is 1. The van der Waals surface area contributed by atoms with Crippen molar-refractivity contribution in [2.75, 3.05) is 32.7 Å². The van der Waals surface area contributed by atoms with Crippen LogP contribution in [0.3, 0.4) is 0 Å². The van der Waals surface area contributed by atoms with Crippen LogP contribution >= 0.6 is 0 Å². The van der Waals surface area contributed by atoms with E-state index in [4.69, 9.17) is 0 Å². The lowest BCUT2D eigenvalue weighted by Gasteiger charge is -2.39. The normalized spacial score (nSPS) is 26.5. The molecule has 1 atom stereocenters. The second-order valence-electron chi connectivity index (χ2n) is 7.91. The maximum Gasteiger partial charge on any atom is 0.325 e. The summed E-state index contributed by atoms with van der Waals surface area (Å²) in [4.78, 5) is 43.7. The first-order valence-electron chi connectivity index (χ1n) is 10.2. The number of nitrogens with one attached hydrogen (secondary N) is 1. The molecule has 1 N–H and O–H groups in total. The smallest absolute Gasteiger partial charge is 0.325 e. The average Bonchev–Trinajstić information content (AvgIpc) is 2.87. The predicted octanol–water partition coefficient (Wildman–Crippen LogP) is 1.57. The Labute approximate surface area is 156 Å². The lowest BCUT2D eigenvalue weighted by molar-refractivity contribution is -0.139. The van der Waals surface area contributed by atoms with E-state index in [-0.39, 0.29) is 23.9 Å². The van der Waals surface area contributed by atoms with Gasteiger partial charge in [0.2, 0.25) is 5.91 Å². The molecule has 0 aliphatic carbocycles. The molecule has 3 saturated heterocycles. The Hall–Kier alpha value is -1.63. The van der Waals surface area contributed by atoms with E-state index in [1.54, 1.807) is 0 Å². The summed E-state index contributed by atoms with van der Waals surface area (Å²) in [6, 6.07) is -0.459. The van der Waals surface area contributed by atoms with Crippen molar-refractivity contribution in [2.45, 2.75) is 70.4 Å². The third kappa shape index (κ3) is 3.59. The molecule has 4 amide bonds. The van der Waals surface area contributed by atoms with Gasteiger partial charge >= 0.3 is 6.03 Å². The van der Waals surface area contributed by atoms with Crippen LogP contribution in [0.25, 0.3) is 0 Å². The monoisotopic (exact) mass is 364 g/mol. The van der Waals surface area contributed by atoms with E-state index in [2.05, 4.69) is 17.1 Å². The fraction of sp³-hybridized carbons (Fsp3) is 0.842. The van der Waals surface area contributed by atoms with Gasteiger partial charge in [0.05, 0.1) is 6.04 Å². The van der Waals surface area contributed by atoms with Gasteiger partial charge in [-0.2, -0.15) is 0 Å². The topological polar surface area (TPSA) is 73.0 Å². The van der Waals surface area contributed by atoms with Crippen LogP contribution < -0.4 is 5.32 Å². The Bertz CT molecular complexity index is 557. The number of piperidine rings is 2. The molecule has 7 heteroatoms. The number of hydrogen-bond donors (Lipinski definition) is 1. The van der Waals surface area contributed by atoms with Gasteiger partial charge in [-0.25, -0.2) is 4.79 Å². The molecule has 3 rings (SSSR count). The summed E-state index contributed by atoms with van der Waals surface area (Å²) < 4.78 is 0. The van der Waals surface area contributed by atoms with Crippen molar-refractivity contribution in [3.63, 3.8) is 0 Å². The van der Waals surface area contributed by atoms with Gasteiger partial charge in [-0.3, -0.25) is 14.5 Å². The molecule has 3 heterocycles. The fourth-order valence-corrected chi connectivity index (χ4v) is 4.55. The molecule has 3 aliphatic rings. The highest BCUT2D eigenvalue weighted by atomic mass is 16.2. The first-order chi connectivity index (χ1) is 12.5. The summed E-state index contributed by atoms with van der Waals surface area (Å²) in [6.07, 6.45) is 5.44. The molecular weight excluding hydrogens is 332 g/mol. The molecule has 3 aliphatic heterocycles. The molecule has 26 heavy (non-hydrogen) atoms. The van der Waals surface area contributed by atoms with Crippen molar-refractivity contribution >= 4 is 17.8 Å². The predicted molar refractivity (Wildman–Crippen MR) is 98.6 cm³/mol. The van der Waals surface area contributed by atoms with E-state index in [0.717, 1.165) is 51.9 Å². The highest BCUT2D eigenvalue weighted by Crippen LogP contribution is 2.32.